The fraction of sp³-hybridized carbons (Fsp3) is 0.918. The molecule has 1 aliphatic heterocycles. The zero-order valence-electron chi connectivity index (χ0n) is 46.0. The number of hydrogen-bond donors (Lipinski definition) is 6. The summed E-state index contributed by atoms with van der Waals surface area (Å²) in [5.74, 6) is -0.175. The molecule has 0 saturated carbocycles. The van der Waals surface area contributed by atoms with Crippen molar-refractivity contribution in [2.75, 3.05) is 13.2 Å². The minimum atomic E-state index is -1.56. The van der Waals surface area contributed by atoms with Crippen molar-refractivity contribution in [2.45, 2.75) is 346 Å². The lowest BCUT2D eigenvalue weighted by atomic mass is 9.99. The first-order valence-corrected chi connectivity index (χ1v) is 30.6. The molecule has 0 aromatic carbocycles. The lowest BCUT2D eigenvalue weighted by Crippen LogP contribution is -2.60. The maximum absolute atomic E-state index is 13.0. The van der Waals surface area contributed by atoms with Crippen molar-refractivity contribution >= 4 is 5.91 Å². The van der Waals surface area contributed by atoms with Gasteiger partial charge in [-0.15, -0.1) is 0 Å². The summed E-state index contributed by atoms with van der Waals surface area (Å²) in [7, 11) is 0. The molecular formula is C61H117NO8. The van der Waals surface area contributed by atoms with E-state index in [1.807, 2.05) is 6.08 Å². The first-order valence-electron chi connectivity index (χ1n) is 30.6. The molecule has 1 amide bonds. The van der Waals surface area contributed by atoms with E-state index in [4.69, 9.17) is 9.47 Å². The Hall–Kier alpha value is -1.33. The molecule has 0 radical (unpaired) electrons. The van der Waals surface area contributed by atoms with Crippen LogP contribution in [0.2, 0.25) is 0 Å². The Balaban J connectivity index is 1.96. The second kappa shape index (κ2) is 51.2. The SMILES string of the molecule is CCCCCCCC/C=C/C(O)C(COC1OC(CO)C(O)C(O)C1O)NC(=O)CCCCCCCCCCCCCCCCCCCCCCCCCCCCC/C=C\CCCCCCCCCC. The molecule has 1 rings (SSSR count). The summed E-state index contributed by atoms with van der Waals surface area (Å²) in [6.45, 7) is 3.75. The molecule has 414 valence electrons. The van der Waals surface area contributed by atoms with Gasteiger partial charge in [0, 0.05) is 6.42 Å². The van der Waals surface area contributed by atoms with E-state index < -0.39 is 49.5 Å². The van der Waals surface area contributed by atoms with Crippen molar-refractivity contribution in [3.05, 3.63) is 24.3 Å². The highest BCUT2D eigenvalue weighted by Crippen LogP contribution is 2.23. The second-order valence-electron chi connectivity index (χ2n) is 21.5. The molecule has 6 N–H and O–H groups in total. The van der Waals surface area contributed by atoms with Crippen molar-refractivity contribution < 1.29 is 39.8 Å². The van der Waals surface area contributed by atoms with E-state index in [9.17, 15) is 30.3 Å². The first-order chi connectivity index (χ1) is 34.3. The number of carbonyl (C=O) groups is 1. The van der Waals surface area contributed by atoms with Crippen LogP contribution in [0.25, 0.3) is 0 Å². The highest BCUT2D eigenvalue weighted by Gasteiger charge is 2.44. The standard InChI is InChI=1S/C61H117NO8/c1-3-5-7-9-11-13-14-15-16-17-18-19-20-21-22-23-24-25-26-27-28-29-30-31-32-33-34-35-36-37-38-39-40-41-42-43-45-47-49-51-57(65)62-54(55(64)50-48-46-44-12-10-8-6-4-2)53-69-61-60(68)59(67)58(66)56(52-63)70-61/h17-18,48,50,54-56,58-61,63-64,66-68H,3-16,19-47,49,51-53H2,1-2H3,(H,62,65)/b18-17-,50-48+. The van der Waals surface area contributed by atoms with E-state index >= 15 is 0 Å². The predicted octanol–water partition coefficient (Wildman–Crippen LogP) is 15.4. The lowest BCUT2D eigenvalue weighted by Gasteiger charge is -2.40. The molecule has 9 nitrogen and oxygen atoms in total. The fourth-order valence-electron chi connectivity index (χ4n) is 9.92. The third-order valence-corrected chi connectivity index (χ3v) is 14.8. The van der Waals surface area contributed by atoms with Gasteiger partial charge in [-0.1, -0.05) is 276 Å². The van der Waals surface area contributed by atoms with Crippen LogP contribution in [-0.4, -0.2) is 87.5 Å². The van der Waals surface area contributed by atoms with E-state index in [1.165, 1.54) is 244 Å². The number of aliphatic hydroxyl groups excluding tert-OH is 5. The summed E-state index contributed by atoms with van der Waals surface area (Å²) in [5, 5.41) is 54.1. The van der Waals surface area contributed by atoms with Gasteiger partial charge in [0.1, 0.15) is 24.4 Å². The van der Waals surface area contributed by atoms with Crippen molar-refractivity contribution in [3.8, 4) is 0 Å². The summed E-state index contributed by atoms with van der Waals surface area (Å²) >= 11 is 0. The fourth-order valence-corrected chi connectivity index (χ4v) is 9.92. The third-order valence-electron chi connectivity index (χ3n) is 14.8. The average molecular weight is 993 g/mol. The predicted molar refractivity (Wildman–Crippen MR) is 295 cm³/mol. The maximum Gasteiger partial charge on any atom is 0.220 e. The molecular weight excluding hydrogens is 875 g/mol. The van der Waals surface area contributed by atoms with E-state index in [1.54, 1.807) is 6.08 Å². The van der Waals surface area contributed by atoms with E-state index in [0.717, 1.165) is 38.5 Å². The number of nitrogens with one attached hydrogen (secondary N) is 1. The number of unbranched alkanes of at least 4 members (excludes halogenated alkanes) is 41. The normalized spacial score (nSPS) is 19.4. The number of carbonyl (C=O) groups excluding carboxylic acids is 1. The minimum Gasteiger partial charge on any atom is -0.394 e. The zero-order valence-corrected chi connectivity index (χ0v) is 46.0. The summed E-state index contributed by atoms with van der Waals surface area (Å²) in [4.78, 5) is 13.0. The van der Waals surface area contributed by atoms with Gasteiger partial charge in [-0.05, 0) is 44.9 Å². The van der Waals surface area contributed by atoms with Gasteiger partial charge in [-0.3, -0.25) is 4.79 Å². The molecule has 0 bridgehead atoms. The quantitative estimate of drug-likeness (QED) is 0.0261. The van der Waals surface area contributed by atoms with Gasteiger partial charge in [-0.25, -0.2) is 0 Å². The molecule has 0 spiro atoms. The minimum absolute atomic E-state index is 0.175. The van der Waals surface area contributed by atoms with Gasteiger partial charge >= 0.3 is 0 Å². The average Bonchev–Trinajstić information content (AvgIpc) is 3.36. The van der Waals surface area contributed by atoms with Crippen LogP contribution in [0, 0.1) is 0 Å². The van der Waals surface area contributed by atoms with Gasteiger partial charge in [0.25, 0.3) is 0 Å². The zero-order chi connectivity index (χ0) is 50.8. The van der Waals surface area contributed by atoms with Crippen molar-refractivity contribution in [1.29, 1.82) is 0 Å². The maximum atomic E-state index is 13.0. The smallest absolute Gasteiger partial charge is 0.220 e. The first kappa shape index (κ1) is 66.7. The Labute approximate surface area is 432 Å². The highest BCUT2D eigenvalue weighted by molar-refractivity contribution is 5.76. The van der Waals surface area contributed by atoms with Gasteiger partial charge < -0.3 is 40.3 Å². The van der Waals surface area contributed by atoms with Crippen LogP contribution >= 0.6 is 0 Å². The van der Waals surface area contributed by atoms with Crippen LogP contribution in [0.15, 0.2) is 24.3 Å². The number of rotatable bonds is 53. The molecule has 1 fully saturated rings. The Morgan fingerprint density at radius 2 is 0.800 bits per heavy atom. The monoisotopic (exact) mass is 992 g/mol. The molecule has 1 aliphatic rings. The topological polar surface area (TPSA) is 149 Å². The third kappa shape index (κ3) is 40.1. The highest BCUT2D eigenvalue weighted by atomic mass is 16.7. The largest absolute Gasteiger partial charge is 0.394 e. The van der Waals surface area contributed by atoms with Crippen molar-refractivity contribution in [3.63, 3.8) is 0 Å². The van der Waals surface area contributed by atoms with Crippen molar-refractivity contribution in [2.24, 2.45) is 0 Å². The lowest BCUT2D eigenvalue weighted by molar-refractivity contribution is -0.302. The van der Waals surface area contributed by atoms with Gasteiger partial charge in [0.2, 0.25) is 5.91 Å². The number of amides is 1. The van der Waals surface area contributed by atoms with Gasteiger partial charge in [0.05, 0.1) is 25.4 Å². The van der Waals surface area contributed by atoms with Crippen LogP contribution in [-0.2, 0) is 14.3 Å². The van der Waals surface area contributed by atoms with Crippen LogP contribution in [0.1, 0.15) is 303 Å². The summed E-state index contributed by atoms with van der Waals surface area (Å²) < 4.78 is 11.2. The molecule has 9 heteroatoms. The number of hydrogen-bond acceptors (Lipinski definition) is 8. The van der Waals surface area contributed by atoms with Crippen LogP contribution in [0.5, 0.6) is 0 Å². The van der Waals surface area contributed by atoms with Gasteiger partial charge in [0.15, 0.2) is 6.29 Å². The number of aliphatic hydroxyl groups is 5. The molecule has 7 atom stereocenters. The summed E-state index contributed by atoms with van der Waals surface area (Å²) in [6, 6.07) is -0.799. The van der Waals surface area contributed by atoms with Crippen LogP contribution in [0.3, 0.4) is 0 Å². The van der Waals surface area contributed by atoms with Crippen LogP contribution in [0.4, 0.5) is 0 Å². The van der Waals surface area contributed by atoms with Crippen molar-refractivity contribution in [1.82, 2.24) is 5.32 Å². The molecule has 1 heterocycles. The molecule has 0 aromatic heterocycles. The molecule has 1 saturated heterocycles. The molecule has 70 heavy (non-hydrogen) atoms. The van der Waals surface area contributed by atoms with E-state index in [0.29, 0.717) is 6.42 Å². The Bertz CT molecular complexity index is 1150. The summed E-state index contributed by atoms with van der Waals surface area (Å²) in [5.41, 5.74) is 0. The van der Waals surface area contributed by atoms with E-state index in [-0.39, 0.29) is 12.5 Å². The summed E-state index contributed by atoms with van der Waals surface area (Å²) in [6.07, 6.45) is 58.9. The second-order valence-corrected chi connectivity index (χ2v) is 21.5. The molecule has 7 unspecified atom stereocenters. The molecule has 0 aliphatic carbocycles. The van der Waals surface area contributed by atoms with Crippen LogP contribution < -0.4 is 5.32 Å². The number of ether oxygens (including phenoxy) is 2. The molecule has 0 aromatic rings. The Morgan fingerprint density at radius 3 is 1.16 bits per heavy atom. The van der Waals surface area contributed by atoms with E-state index in [2.05, 4.69) is 31.3 Å². The Kier molecular flexibility index (Phi) is 48.7. The number of allylic oxidation sites excluding steroid dienone is 3. The Morgan fingerprint density at radius 1 is 0.471 bits per heavy atom. The van der Waals surface area contributed by atoms with Gasteiger partial charge in [-0.2, -0.15) is 0 Å².